The zero-order valence-electron chi connectivity index (χ0n) is 8.31. The van der Waals surface area contributed by atoms with Gasteiger partial charge in [-0.05, 0) is 0 Å². The van der Waals surface area contributed by atoms with Crippen molar-refractivity contribution in [3.05, 3.63) is 10.2 Å². The predicted octanol–water partition coefficient (Wildman–Crippen LogP) is 2.40. The minimum absolute atomic E-state index is 0.378. The quantitative estimate of drug-likeness (QED) is 0.604. The van der Waals surface area contributed by atoms with Gasteiger partial charge in [0.1, 0.15) is 0 Å². The van der Waals surface area contributed by atoms with E-state index < -0.39 is 18.7 Å². The second kappa shape index (κ2) is 2.77. The van der Waals surface area contributed by atoms with Gasteiger partial charge in [-0.3, -0.25) is 0 Å². The van der Waals surface area contributed by atoms with Crippen molar-refractivity contribution >= 4 is 18.7 Å². The van der Waals surface area contributed by atoms with Crippen molar-refractivity contribution in [2.75, 3.05) is 6.54 Å². The molecule has 0 atom stereocenters. The third-order valence-electron chi connectivity index (χ3n) is 2.32. The van der Waals surface area contributed by atoms with E-state index in [9.17, 15) is 0 Å². The van der Waals surface area contributed by atoms with Crippen molar-refractivity contribution in [3.8, 4) is 0 Å². The molecule has 0 fully saturated rings. The van der Waals surface area contributed by atoms with E-state index in [1.165, 1.54) is 6.54 Å². The van der Waals surface area contributed by atoms with Gasteiger partial charge in [-0.1, -0.05) is 0 Å². The fraction of sp³-hybridized carbons (Fsp3) is 0.778. The molecule has 11 heavy (non-hydrogen) atoms. The topological polar surface area (TPSA) is 3.24 Å². The summed E-state index contributed by atoms with van der Waals surface area (Å²) in [6.45, 7) is 8.14. The van der Waals surface area contributed by atoms with Gasteiger partial charge in [-0.2, -0.15) is 0 Å². The zero-order valence-corrected chi connectivity index (χ0v) is 11.2. The Balaban J connectivity index is 2.78. The first-order chi connectivity index (χ1) is 4.84. The van der Waals surface area contributed by atoms with Crippen LogP contribution in [0, 0.1) is 0 Å². The zero-order chi connectivity index (χ0) is 8.70. The molecule has 0 N–H and O–H groups in total. The molecule has 0 unspecified atom stereocenters. The Morgan fingerprint density at radius 1 is 1.27 bits per heavy atom. The van der Waals surface area contributed by atoms with Crippen LogP contribution < -0.4 is 0 Å². The first-order valence-electron chi connectivity index (χ1n) is 4.29. The second-order valence-corrected chi connectivity index (χ2v) is 16.8. The van der Waals surface area contributed by atoms with Crippen LogP contribution in [0.3, 0.4) is 0 Å². The SMILES string of the molecule is CC(C)(C)[N]1CC=[CH][Sn]1([CH3])[CH3]. The van der Waals surface area contributed by atoms with Crippen molar-refractivity contribution in [2.45, 2.75) is 36.2 Å². The molecule has 0 saturated carbocycles. The van der Waals surface area contributed by atoms with Crippen LogP contribution in [0.15, 0.2) is 10.2 Å². The number of hydrogen-bond donors (Lipinski definition) is 0. The predicted molar refractivity (Wildman–Crippen MR) is 53.1 cm³/mol. The molecule has 1 aliphatic rings. The summed E-state index contributed by atoms with van der Waals surface area (Å²) in [4.78, 5) is 4.95. The Morgan fingerprint density at radius 2 is 1.82 bits per heavy atom. The molecule has 1 heterocycles. The van der Waals surface area contributed by atoms with Gasteiger partial charge >= 0.3 is 74.7 Å². The summed E-state index contributed by atoms with van der Waals surface area (Å²) in [5.41, 5.74) is 0.378. The van der Waals surface area contributed by atoms with E-state index in [0.717, 1.165) is 0 Å². The number of nitrogens with zero attached hydrogens (tertiary/aromatic N) is 1. The van der Waals surface area contributed by atoms with Gasteiger partial charge in [0.25, 0.3) is 0 Å². The van der Waals surface area contributed by atoms with E-state index in [1.54, 1.807) is 0 Å². The summed E-state index contributed by atoms with van der Waals surface area (Å²) in [6.07, 6.45) is 2.35. The van der Waals surface area contributed by atoms with Gasteiger partial charge in [0.05, 0.1) is 0 Å². The molecule has 1 rings (SSSR count). The van der Waals surface area contributed by atoms with Gasteiger partial charge in [0.2, 0.25) is 0 Å². The van der Waals surface area contributed by atoms with Crippen LogP contribution in [0.4, 0.5) is 0 Å². The fourth-order valence-corrected chi connectivity index (χ4v) is 10.9. The van der Waals surface area contributed by atoms with Crippen LogP contribution in [0.5, 0.6) is 0 Å². The van der Waals surface area contributed by atoms with Crippen LogP contribution in [-0.4, -0.2) is 33.9 Å². The monoisotopic (exact) mass is 261 g/mol. The van der Waals surface area contributed by atoms with Crippen LogP contribution in [0.2, 0.25) is 9.88 Å². The molecular formula is C9H19NSn. The summed E-state index contributed by atoms with van der Waals surface area (Å²) in [5, 5.41) is 0. The van der Waals surface area contributed by atoms with Crippen molar-refractivity contribution in [3.63, 3.8) is 0 Å². The molecule has 2 heteroatoms. The van der Waals surface area contributed by atoms with Gasteiger partial charge < -0.3 is 0 Å². The minimum atomic E-state index is -1.87. The molecule has 0 aromatic carbocycles. The Kier molecular flexibility index (Phi) is 2.41. The van der Waals surface area contributed by atoms with Crippen LogP contribution >= 0.6 is 0 Å². The average molecular weight is 260 g/mol. The molecule has 1 nitrogen and oxygen atoms in total. The molecule has 0 spiro atoms. The van der Waals surface area contributed by atoms with Crippen molar-refractivity contribution in [2.24, 2.45) is 0 Å². The van der Waals surface area contributed by atoms with E-state index in [1.807, 2.05) is 0 Å². The van der Waals surface area contributed by atoms with E-state index >= 15 is 0 Å². The van der Waals surface area contributed by atoms with Gasteiger partial charge in [0, 0.05) is 0 Å². The fourth-order valence-electron chi connectivity index (χ4n) is 1.91. The summed E-state index contributed by atoms with van der Waals surface area (Å²) in [5.74, 6) is 0. The first kappa shape index (κ1) is 9.59. The maximum atomic E-state index is 2.71. The standard InChI is InChI=1S/C7H13N.2CH3.Sn/c1-5-6-8-7(2,3)4;;;/h1,5H,6H2,2-4H3;2*1H3;/q-1;;;+1. The Bertz CT molecular complexity index is 176. The third-order valence-corrected chi connectivity index (χ3v) is 11.7. The summed E-state index contributed by atoms with van der Waals surface area (Å²) in [7, 11) is 0. The van der Waals surface area contributed by atoms with E-state index in [0.29, 0.717) is 5.54 Å². The Morgan fingerprint density at radius 3 is 2.00 bits per heavy atom. The molecule has 0 saturated heterocycles. The van der Waals surface area contributed by atoms with Crippen LogP contribution in [-0.2, 0) is 0 Å². The first-order valence-corrected chi connectivity index (χ1v) is 12.9. The van der Waals surface area contributed by atoms with Gasteiger partial charge in [0.15, 0.2) is 0 Å². The molecule has 0 aliphatic carbocycles. The average Bonchev–Trinajstić information content (AvgIpc) is 2.06. The molecule has 0 bridgehead atoms. The Labute approximate surface area is 74.7 Å². The van der Waals surface area contributed by atoms with E-state index in [-0.39, 0.29) is 0 Å². The van der Waals surface area contributed by atoms with Crippen LogP contribution in [0.25, 0.3) is 0 Å². The number of hydrogen-bond acceptors (Lipinski definition) is 1. The van der Waals surface area contributed by atoms with Crippen molar-refractivity contribution in [1.82, 2.24) is 3.12 Å². The van der Waals surface area contributed by atoms with E-state index in [2.05, 4.69) is 43.9 Å². The van der Waals surface area contributed by atoms with Crippen LogP contribution in [0.1, 0.15) is 20.8 Å². The molecule has 0 amide bonds. The van der Waals surface area contributed by atoms with Gasteiger partial charge in [-0.25, -0.2) is 0 Å². The van der Waals surface area contributed by atoms with Crippen molar-refractivity contribution < 1.29 is 0 Å². The number of rotatable bonds is 0. The molecule has 0 aromatic heterocycles. The molecule has 0 radical (unpaired) electrons. The second-order valence-electron chi connectivity index (χ2n) is 4.84. The summed E-state index contributed by atoms with van der Waals surface area (Å²) < 4.78 is 5.21. The van der Waals surface area contributed by atoms with E-state index in [4.69, 9.17) is 0 Å². The van der Waals surface area contributed by atoms with Crippen molar-refractivity contribution in [1.29, 1.82) is 0 Å². The molecule has 1 aliphatic heterocycles. The Hall–Kier alpha value is 0.499. The third kappa shape index (κ3) is 1.99. The molecule has 64 valence electrons. The molecule has 0 aromatic rings. The normalized spacial score (nSPS) is 24.5. The summed E-state index contributed by atoms with van der Waals surface area (Å²) in [6, 6.07) is 0. The van der Waals surface area contributed by atoms with Gasteiger partial charge in [-0.15, -0.1) is 0 Å². The summed E-state index contributed by atoms with van der Waals surface area (Å²) >= 11 is -1.87. The molecular weight excluding hydrogens is 241 g/mol. The maximum absolute atomic E-state index is 2.71.